The van der Waals surface area contributed by atoms with E-state index in [0.717, 1.165) is 30.8 Å². The predicted molar refractivity (Wildman–Crippen MR) is 92.9 cm³/mol. The van der Waals surface area contributed by atoms with Crippen LogP contribution in [-0.2, 0) is 4.79 Å². The molecule has 1 saturated heterocycles. The van der Waals surface area contributed by atoms with Crippen LogP contribution < -0.4 is 15.4 Å². The third-order valence-electron chi connectivity index (χ3n) is 3.54. The predicted octanol–water partition coefficient (Wildman–Crippen LogP) is 3.61. The molecule has 0 bridgehead atoms. The van der Waals surface area contributed by atoms with Gasteiger partial charge in [-0.2, -0.15) is 0 Å². The number of anilines is 1. The van der Waals surface area contributed by atoms with Crippen LogP contribution in [0.3, 0.4) is 0 Å². The molecule has 1 fully saturated rings. The highest BCUT2D eigenvalue weighted by atomic mass is 35.5. The van der Waals surface area contributed by atoms with E-state index < -0.39 is 0 Å². The van der Waals surface area contributed by atoms with Crippen molar-refractivity contribution in [3.05, 3.63) is 24.3 Å². The Bertz CT molecular complexity index is 482. The molecule has 0 aliphatic carbocycles. The number of nitrogens with one attached hydrogen (secondary N) is 2. The first-order valence-corrected chi connectivity index (χ1v) is 7.67. The van der Waals surface area contributed by atoms with Crippen LogP contribution >= 0.6 is 12.4 Å². The molecule has 4 nitrogen and oxygen atoms in total. The van der Waals surface area contributed by atoms with Crippen molar-refractivity contribution in [2.45, 2.75) is 52.2 Å². The minimum absolute atomic E-state index is 0. The monoisotopic (exact) mass is 326 g/mol. The van der Waals surface area contributed by atoms with Crippen molar-refractivity contribution >= 4 is 24.0 Å². The Hall–Kier alpha value is -1.26. The minimum atomic E-state index is -0.212. The molecular weight excluding hydrogens is 300 g/mol. The van der Waals surface area contributed by atoms with Crippen LogP contribution in [0.2, 0.25) is 0 Å². The van der Waals surface area contributed by atoms with Crippen LogP contribution in [0.1, 0.15) is 40.5 Å². The highest BCUT2D eigenvalue weighted by molar-refractivity contribution is 5.92. The largest absolute Gasteiger partial charge is 0.488 e. The van der Waals surface area contributed by atoms with Gasteiger partial charge < -0.3 is 15.4 Å². The van der Waals surface area contributed by atoms with Crippen molar-refractivity contribution in [3.8, 4) is 5.75 Å². The van der Waals surface area contributed by atoms with Crippen LogP contribution in [-0.4, -0.2) is 24.1 Å². The number of hydrogen-bond acceptors (Lipinski definition) is 3. The maximum atomic E-state index is 12.3. The average molecular weight is 327 g/mol. The van der Waals surface area contributed by atoms with Crippen molar-refractivity contribution in [2.24, 2.45) is 5.92 Å². The molecule has 0 spiro atoms. The van der Waals surface area contributed by atoms with E-state index in [4.69, 9.17) is 4.74 Å². The molecular formula is C17H27ClN2O2. The Labute approximate surface area is 139 Å². The number of halogens is 1. The Balaban J connectivity index is 0.00000242. The van der Waals surface area contributed by atoms with Crippen molar-refractivity contribution < 1.29 is 9.53 Å². The van der Waals surface area contributed by atoms with Gasteiger partial charge in [-0.1, -0.05) is 0 Å². The lowest BCUT2D eigenvalue weighted by Gasteiger charge is -2.27. The molecule has 1 aliphatic rings. The summed E-state index contributed by atoms with van der Waals surface area (Å²) in [7, 11) is 0. The van der Waals surface area contributed by atoms with Crippen molar-refractivity contribution in [3.63, 3.8) is 0 Å². The number of carbonyl (C=O) groups excluding carboxylic acids is 1. The van der Waals surface area contributed by atoms with Gasteiger partial charge in [-0.25, -0.2) is 0 Å². The normalized spacial score (nSPS) is 21.6. The van der Waals surface area contributed by atoms with E-state index in [1.54, 1.807) is 0 Å². The second-order valence-corrected chi connectivity index (χ2v) is 6.80. The topological polar surface area (TPSA) is 50.4 Å². The second kappa shape index (κ2) is 7.84. The summed E-state index contributed by atoms with van der Waals surface area (Å²) < 4.78 is 5.77. The molecule has 2 rings (SSSR count). The zero-order valence-corrected chi connectivity index (χ0v) is 14.6. The summed E-state index contributed by atoms with van der Waals surface area (Å²) in [5.41, 5.74) is 0.614. The summed E-state index contributed by atoms with van der Waals surface area (Å²) in [6.07, 6.45) is 1.80. The van der Waals surface area contributed by atoms with Gasteiger partial charge in [0, 0.05) is 17.6 Å². The molecule has 1 amide bonds. The van der Waals surface area contributed by atoms with Crippen LogP contribution in [0.15, 0.2) is 24.3 Å². The first-order valence-electron chi connectivity index (χ1n) is 7.67. The first kappa shape index (κ1) is 18.8. The SMILES string of the molecule is C[C@H]1C[C@@H](C(=O)Nc2ccc(OC(C)(C)C)cc2)CCN1.Cl. The van der Waals surface area contributed by atoms with E-state index in [0.29, 0.717) is 6.04 Å². The molecule has 1 aromatic rings. The Morgan fingerprint density at radius 2 is 1.91 bits per heavy atom. The fraction of sp³-hybridized carbons (Fsp3) is 0.588. The zero-order valence-electron chi connectivity index (χ0n) is 13.8. The van der Waals surface area contributed by atoms with Gasteiger partial charge in [-0.3, -0.25) is 4.79 Å². The van der Waals surface area contributed by atoms with Gasteiger partial charge >= 0.3 is 0 Å². The van der Waals surface area contributed by atoms with E-state index >= 15 is 0 Å². The number of amides is 1. The van der Waals surface area contributed by atoms with E-state index in [1.807, 2.05) is 45.0 Å². The smallest absolute Gasteiger partial charge is 0.227 e. The molecule has 2 atom stereocenters. The Kier molecular flexibility index (Phi) is 6.69. The molecule has 0 radical (unpaired) electrons. The number of ether oxygens (including phenoxy) is 1. The summed E-state index contributed by atoms with van der Waals surface area (Å²) in [5, 5.41) is 6.36. The quantitative estimate of drug-likeness (QED) is 0.892. The molecule has 0 aromatic heterocycles. The lowest BCUT2D eigenvalue weighted by molar-refractivity contribution is -0.120. The summed E-state index contributed by atoms with van der Waals surface area (Å²) in [4.78, 5) is 12.3. The van der Waals surface area contributed by atoms with Crippen LogP contribution in [0.5, 0.6) is 5.75 Å². The van der Waals surface area contributed by atoms with Crippen molar-refractivity contribution in [2.75, 3.05) is 11.9 Å². The third kappa shape index (κ3) is 5.85. The van der Waals surface area contributed by atoms with Gasteiger partial charge in [0.15, 0.2) is 0 Å². The fourth-order valence-corrected chi connectivity index (χ4v) is 2.57. The summed E-state index contributed by atoms with van der Waals surface area (Å²) >= 11 is 0. The van der Waals surface area contributed by atoms with Crippen LogP contribution in [0.4, 0.5) is 5.69 Å². The summed E-state index contributed by atoms with van der Waals surface area (Å²) in [6, 6.07) is 7.99. The van der Waals surface area contributed by atoms with Gasteiger partial charge in [0.05, 0.1) is 0 Å². The lowest BCUT2D eigenvalue weighted by atomic mass is 9.92. The minimum Gasteiger partial charge on any atom is -0.488 e. The van der Waals surface area contributed by atoms with Crippen molar-refractivity contribution in [1.82, 2.24) is 5.32 Å². The summed E-state index contributed by atoms with van der Waals surface area (Å²) in [5.74, 6) is 1.04. The molecule has 2 N–H and O–H groups in total. The molecule has 0 unspecified atom stereocenters. The van der Waals surface area contributed by atoms with E-state index in [2.05, 4.69) is 17.6 Å². The molecule has 1 aromatic carbocycles. The van der Waals surface area contributed by atoms with E-state index in [-0.39, 0.29) is 29.8 Å². The number of rotatable bonds is 3. The lowest BCUT2D eigenvalue weighted by Crippen LogP contribution is -2.40. The van der Waals surface area contributed by atoms with Gasteiger partial charge in [0.2, 0.25) is 5.91 Å². The van der Waals surface area contributed by atoms with Crippen LogP contribution in [0, 0.1) is 5.92 Å². The standard InChI is InChI=1S/C17H26N2O2.ClH/c1-12-11-13(9-10-18-12)16(20)19-14-5-7-15(8-6-14)21-17(2,3)4;/h5-8,12-13,18H,9-11H2,1-4H3,(H,19,20);1H/t12-,13-;/m0./s1. The maximum absolute atomic E-state index is 12.3. The van der Waals surface area contributed by atoms with E-state index in [9.17, 15) is 4.79 Å². The highest BCUT2D eigenvalue weighted by Crippen LogP contribution is 2.22. The number of piperidine rings is 1. The Morgan fingerprint density at radius 3 is 2.45 bits per heavy atom. The highest BCUT2D eigenvalue weighted by Gasteiger charge is 2.24. The molecule has 1 heterocycles. The van der Waals surface area contributed by atoms with E-state index in [1.165, 1.54) is 0 Å². The third-order valence-corrected chi connectivity index (χ3v) is 3.54. The van der Waals surface area contributed by atoms with Gasteiger partial charge in [-0.05, 0) is 71.3 Å². The van der Waals surface area contributed by atoms with Crippen LogP contribution in [0.25, 0.3) is 0 Å². The first-order chi connectivity index (χ1) is 9.83. The average Bonchev–Trinajstić information content (AvgIpc) is 2.39. The van der Waals surface area contributed by atoms with Gasteiger partial charge in [0.25, 0.3) is 0 Å². The molecule has 22 heavy (non-hydrogen) atoms. The fourth-order valence-electron chi connectivity index (χ4n) is 2.57. The summed E-state index contributed by atoms with van der Waals surface area (Å²) in [6.45, 7) is 9.08. The van der Waals surface area contributed by atoms with Gasteiger partial charge in [-0.15, -0.1) is 12.4 Å². The second-order valence-electron chi connectivity index (χ2n) is 6.80. The number of benzene rings is 1. The molecule has 5 heteroatoms. The number of hydrogen-bond donors (Lipinski definition) is 2. The number of carbonyl (C=O) groups is 1. The van der Waals surface area contributed by atoms with Gasteiger partial charge in [0.1, 0.15) is 11.4 Å². The zero-order chi connectivity index (χ0) is 15.5. The molecule has 0 saturated carbocycles. The maximum Gasteiger partial charge on any atom is 0.227 e. The van der Waals surface area contributed by atoms with Crippen molar-refractivity contribution in [1.29, 1.82) is 0 Å². The molecule has 1 aliphatic heterocycles. The molecule has 124 valence electrons. The Morgan fingerprint density at radius 1 is 1.27 bits per heavy atom.